The summed E-state index contributed by atoms with van der Waals surface area (Å²) in [5.74, 6) is 1.36. The normalized spacial score (nSPS) is 11.2. The van der Waals surface area contributed by atoms with Gasteiger partial charge in [0.25, 0.3) is 0 Å². The molecule has 0 aromatic heterocycles. The minimum atomic E-state index is -3.71. The van der Waals surface area contributed by atoms with Crippen molar-refractivity contribution in [3.8, 4) is 17.2 Å². The molecule has 2 N–H and O–H groups in total. The van der Waals surface area contributed by atoms with Crippen molar-refractivity contribution in [3.63, 3.8) is 0 Å². The summed E-state index contributed by atoms with van der Waals surface area (Å²) in [6, 6.07) is 21.1. The molecule has 0 atom stereocenters. The highest BCUT2D eigenvalue weighted by Gasteiger charge is 2.23. The molecule has 0 heterocycles. The molecule has 0 aliphatic carbocycles. The lowest BCUT2D eigenvalue weighted by Crippen LogP contribution is -2.24. The number of sulfonamides is 1. The minimum absolute atomic E-state index is 0.0359. The highest BCUT2D eigenvalue weighted by atomic mass is 32.2. The lowest BCUT2D eigenvalue weighted by Gasteiger charge is -2.17. The lowest BCUT2D eigenvalue weighted by molar-refractivity contribution is -0.114. The quantitative estimate of drug-likeness (QED) is 0.462. The number of hydrogen-bond acceptors (Lipinski definition) is 6. The summed E-state index contributed by atoms with van der Waals surface area (Å²) >= 11 is 0. The molecule has 0 radical (unpaired) electrons. The van der Waals surface area contributed by atoms with Gasteiger partial charge in [0.1, 0.15) is 22.1 Å². The number of nitrogens with zero attached hydrogens (tertiary/aromatic N) is 1. The van der Waals surface area contributed by atoms with Gasteiger partial charge in [0.2, 0.25) is 15.9 Å². The first-order chi connectivity index (χ1) is 15.8. The van der Waals surface area contributed by atoms with Gasteiger partial charge in [-0.1, -0.05) is 18.2 Å². The van der Waals surface area contributed by atoms with Crippen molar-refractivity contribution in [2.45, 2.75) is 11.8 Å². The molecule has 0 bridgehead atoms. The van der Waals surface area contributed by atoms with Crippen LogP contribution in [0.4, 0.5) is 11.4 Å². The van der Waals surface area contributed by atoms with Crippen LogP contribution in [0.3, 0.4) is 0 Å². The van der Waals surface area contributed by atoms with Crippen molar-refractivity contribution in [1.29, 1.82) is 0 Å². The third kappa shape index (κ3) is 6.47. The summed E-state index contributed by atoms with van der Waals surface area (Å²) in [4.78, 5) is 12.4. The van der Waals surface area contributed by atoms with Crippen LogP contribution < -0.4 is 20.1 Å². The molecule has 0 saturated heterocycles. The highest BCUT2D eigenvalue weighted by molar-refractivity contribution is 7.89. The summed E-state index contributed by atoms with van der Waals surface area (Å²) in [6.07, 6.45) is 0. The van der Waals surface area contributed by atoms with Crippen molar-refractivity contribution in [2.75, 3.05) is 37.9 Å². The number of carbonyl (C=O) groups excluding carboxylic acids is 1. The molecule has 0 spiro atoms. The molecule has 8 nitrogen and oxygen atoms in total. The van der Waals surface area contributed by atoms with Crippen molar-refractivity contribution >= 4 is 27.3 Å². The van der Waals surface area contributed by atoms with E-state index < -0.39 is 10.0 Å². The number of ether oxygens (including phenoxy) is 2. The zero-order valence-corrected chi connectivity index (χ0v) is 19.6. The first kappa shape index (κ1) is 24.1. The number of nitrogens with one attached hydrogen (secondary N) is 2. The Morgan fingerprint density at radius 3 is 2.18 bits per heavy atom. The second kappa shape index (κ2) is 10.8. The summed E-state index contributed by atoms with van der Waals surface area (Å²) in [7, 11) is -0.804. The van der Waals surface area contributed by atoms with E-state index in [1.54, 1.807) is 43.3 Å². The van der Waals surface area contributed by atoms with Gasteiger partial charge in [0, 0.05) is 25.5 Å². The third-order valence-electron chi connectivity index (χ3n) is 4.57. The summed E-state index contributed by atoms with van der Waals surface area (Å²) in [5, 5.41) is 5.74. The second-order valence-electron chi connectivity index (χ2n) is 7.22. The molecule has 1 amide bonds. The number of hydrogen-bond donors (Lipinski definition) is 2. The number of rotatable bonds is 10. The Kier molecular flexibility index (Phi) is 7.92. The fourth-order valence-corrected chi connectivity index (χ4v) is 3.96. The second-order valence-corrected chi connectivity index (χ2v) is 9.34. The number of amides is 1. The zero-order chi connectivity index (χ0) is 23.8. The van der Waals surface area contributed by atoms with Crippen molar-refractivity contribution in [3.05, 3.63) is 72.8 Å². The minimum Gasteiger partial charge on any atom is -0.492 e. The lowest BCUT2D eigenvalue weighted by atomic mass is 10.3. The number of carbonyl (C=O) groups is 1. The van der Waals surface area contributed by atoms with Crippen LogP contribution in [0.15, 0.2) is 77.7 Å². The fraction of sp³-hybridized carbons (Fsp3) is 0.208. The zero-order valence-electron chi connectivity index (χ0n) is 18.7. The van der Waals surface area contributed by atoms with E-state index in [1.807, 2.05) is 30.3 Å². The van der Waals surface area contributed by atoms with Crippen LogP contribution in [0, 0.1) is 0 Å². The summed E-state index contributed by atoms with van der Waals surface area (Å²) in [6.45, 7) is 2.07. The van der Waals surface area contributed by atoms with Gasteiger partial charge >= 0.3 is 0 Å². The Labute approximate surface area is 194 Å². The smallest absolute Gasteiger partial charge is 0.246 e. The molecule has 0 unspecified atom stereocenters. The molecule has 3 aromatic carbocycles. The highest BCUT2D eigenvalue weighted by Crippen LogP contribution is 2.29. The topological polar surface area (TPSA) is 97.0 Å². The monoisotopic (exact) mass is 469 g/mol. The first-order valence-corrected chi connectivity index (χ1v) is 11.8. The maximum atomic E-state index is 12.6. The molecule has 9 heteroatoms. The van der Waals surface area contributed by atoms with Crippen LogP contribution in [-0.2, 0) is 14.8 Å². The summed E-state index contributed by atoms with van der Waals surface area (Å²) < 4.78 is 37.6. The SMILES string of the molecule is CCOc1ccc(NCC(=O)Nc2ccc(Oc3ccccc3)cc2)cc1S(=O)(=O)N(C)C. The molecular weight excluding hydrogens is 442 g/mol. The van der Waals surface area contributed by atoms with E-state index in [0.29, 0.717) is 23.7 Å². The van der Waals surface area contributed by atoms with E-state index in [2.05, 4.69) is 10.6 Å². The predicted molar refractivity (Wildman–Crippen MR) is 129 cm³/mol. The van der Waals surface area contributed by atoms with E-state index in [1.165, 1.54) is 20.2 Å². The Morgan fingerprint density at radius 1 is 0.909 bits per heavy atom. The largest absolute Gasteiger partial charge is 0.492 e. The molecule has 0 fully saturated rings. The van der Waals surface area contributed by atoms with Gasteiger partial charge in [-0.15, -0.1) is 0 Å². The van der Waals surface area contributed by atoms with Crippen LogP contribution >= 0.6 is 0 Å². The molecule has 0 saturated carbocycles. The van der Waals surface area contributed by atoms with Crippen LogP contribution in [0.5, 0.6) is 17.2 Å². The molecule has 174 valence electrons. The molecular formula is C24H27N3O5S. The van der Waals surface area contributed by atoms with Crippen LogP contribution in [-0.4, -0.2) is 45.9 Å². The average molecular weight is 470 g/mol. The van der Waals surface area contributed by atoms with Gasteiger partial charge < -0.3 is 20.1 Å². The fourth-order valence-electron chi connectivity index (χ4n) is 2.91. The molecule has 0 aliphatic heterocycles. The van der Waals surface area contributed by atoms with Crippen LogP contribution in [0.2, 0.25) is 0 Å². The van der Waals surface area contributed by atoms with Crippen LogP contribution in [0.25, 0.3) is 0 Å². The Hall–Kier alpha value is -3.56. The van der Waals surface area contributed by atoms with Crippen molar-refractivity contribution in [2.24, 2.45) is 0 Å². The number of anilines is 2. The number of para-hydroxylation sites is 1. The van der Waals surface area contributed by atoms with Gasteiger partial charge in [-0.05, 0) is 61.5 Å². The van der Waals surface area contributed by atoms with E-state index >= 15 is 0 Å². The Balaban J connectivity index is 1.61. The standard InChI is InChI=1S/C24H27N3O5S/c1-4-31-22-15-12-19(16-23(22)33(29,30)27(2)3)25-17-24(28)26-18-10-13-21(14-11-18)32-20-8-6-5-7-9-20/h5-16,25H,4,17H2,1-3H3,(H,26,28). The molecule has 0 aliphatic rings. The maximum absolute atomic E-state index is 12.6. The third-order valence-corrected chi connectivity index (χ3v) is 6.41. The van der Waals surface area contributed by atoms with E-state index in [4.69, 9.17) is 9.47 Å². The first-order valence-electron chi connectivity index (χ1n) is 10.4. The van der Waals surface area contributed by atoms with Crippen LogP contribution in [0.1, 0.15) is 6.92 Å². The van der Waals surface area contributed by atoms with Gasteiger partial charge in [0.15, 0.2) is 0 Å². The number of benzene rings is 3. The van der Waals surface area contributed by atoms with Gasteiger partial charge in [-0.3, -0.25) is 4.79 Å². The van der Waals surface area contributed by atoms with Gasteiger partial charge in [-0.25, -0.2) is 12.7 Å². The van der Waals surface area contributed by atoms with E-state index in [-0.39, 0.29) is 23.1 Å². The predicted octanol–water partition coefficient (Wildman–Crippen LogP) is 4.18. The van der Waals surface area contributed by atoms with E-state index in [0.717, 1.165) is 10.1 Å². The van der Waals surface area contributed by atoms with Crippen molar-refractivity contribution in [1.82, 2.24) is 4.31 Å². The Bertz CT molecular complexity index is 1180. The maximum Gasteiger partial charge on any atom is 0.246 e. The summed E-state index contributed by atoms with van der Waals surface area (Å²) in [5.41, 5.74) is 1.10. The van der Waals surface area contributed by atoms with Crippen molar-refractivity contribution < 1.29 is 22.7 Å². The average Bonchev–Trinajstić information content (AvgIpc) is 2.80. The van der Waals surface area contributed by atoms with E-state index in [9.17, 15) is 13.2 Å². The molecule has 3 aromatic rings. The molecule has 3 rings (SSSR count). The Morgan fingerprint density at radius 2 is 1.55 bits per heavy atom. The molecule has 33 heavy (non-hydrogen) atoms. The van der Waals surface area contributed by atoms with Gasteiger partial charge in [0.05, 0.1) is 13.2 Å². The van der Waals surface area contributed by atoms with Gasteiger partial charge in [-0.2, -0.15) is 0 Å².